The highest BCUT2D eigenvalue weighted by Crippen LogP contribution is 2.17. The lowest BCUT2D eigenvalue weighted by molar-refractivity contribution is -0.384. The third-order valence-corrected chi connectivity index (χ3v) is 2.38. The highest BCUT2D eigenvalue weighted by Gasteiger charge is 2.10. The van der Waals surface area contributed by atoms with Crippen LogP contribution < -0.4 is 4.74 Å². The summed E-state index contributed by atoms with van der Waals surface area (Å²) in [4.78, 5) is 32.2. The van der Waals surface area contributed by atoms with Gasteiger partial charge in [-0.25, -0.2) is 4.79 Å². The van der Waals surface area contributed by atoms with Gasteiger partial charge in [-0.2, -0.15) is 0 Å². The molecule has 0 unspecified atom stereocenters. The van der Waals surface area contributed by atoms with E-state index in [0.717, 1.165) is 6.42 Å². The third kappa shape index (κ3) is 6.37. The van der Waals surface area contributed by atoms with E-state index in [-0.39, 0.29) is 17.9 Å². The first-order chi connectivity index (χ1) is 10.0. The number of ether oxygens (including phenoxy) is 3. The standard InChI is InChI=1S/C13H15NO7/c1-2-3-4-12(15)19-9-20-13(16)21-11-7-5-10(6-8-11)14(17)18/h5-8H,2-4,9H2,1H3. The lowest BCUT2D eigenvalue weighted by Crippen LogP contribution is -2.15. The zero-order valence-corrected chi connectivity index (χ0v) is 11.4. The van der Waals surface area contributed by atoms with E-state index in [0.29, 0.717) is 6.42 Å². The first-order valence-corrected chi connectivity index (χ1v) is 6.27. The van der Waals surface area contributed by atoms with Crippen LogP contribution in [-0.2, 0) is 14.3 Å². The van der Waals surface area contributed by atoms with Crippen molar-refractivity contribution in [3.05, 3.63) is 34.4 Å². The van der Waals surface area contributed by atoms with Crippen LogP contribution in [0.3, 0.4) is 0 Å². The zero-order chi connectivity index (χ0) is 15.7. The number of hydrogen-bond donors (Lipinski definition) is 0. The van der Waals surface area contributed by atoms with Crippen LogP contribution in [0.25, 0.3) is 0 Å². The first kappa shape index (κ1) is 16.4. The van der Waals surface area contributed by atoms with Gasteiger partial charge in [0, 0.05) is 18.6 Å². The van der Waals surface area contributed by atoms with Crippen molar-refractivity contribution in [1.29, 1.82) is 0 Å². The largest absolute Gasteiger partial charge is 0.516 e. The molecule has 0 aliphatic heterocycles. The summed E-state index contributed by atoms with van der Waals surface area (Å²) < 4.78 is 13.9. The van der Waals surface area contributed by atoms with Crippen LogP contribution in [0.1, 0.15) is 26.2 Å². The van der Waals surface area contributed by atoms with Crippen LogP contribution in [0.15, 0.2) is 24.3 Å². The van der Waals surface area contributed by atoms with Crippen molar-refractivity contribution in [3.63, 3.8) is 0 Å². The Morgan fingerprint density at radius 3 is 2.43 bits per heavy atom. The Kier molecular flexibility index (Phi) is 6.66. The maximum absolute atomic E-state index is 11.3. The Labute approximate surface area is 120 Å². The maximum atomic E-state index is 11.3. The smallest absolute Gasteiger partial charge is 0.428 e. The zero-order valence-electron chi connectivity index (χ0n) is 11.4. The lowest BCUT2D eigenvalue weighted by Gasteiger charge is -2.06. The van der Waals surface area contributed by atoms with Gasteiger partial charge in [0.15, 0.2) is 0 Å². The summed E-state index contributed by atoms with van der Waals surface area (Å²) in [5, 5.41) is 10.4. The van der Waals surface area contributed by atoms with Crippen molar-refractivity contribution in [2.45, 2.75) is 26.2 Å². The monoisotopic (exact) mass is 297 g/mol. The predicted octanol–water partition coefficient (Wildman–Crippen LogP) is 2.80. The van der Waals surface area contributed by atoms with E-state index in [9.17, 15) is 19.7 Å². The highest BCUT2D eigenvalue weighted by molar-refractivity contribution is 5.69. The van der Waals surface area contributed by atoms with Gasteiger partial charge in [0.05, 0.1) is 4.92 Å². The molecule has 0 N–H and O–H groups in total. The van der Waals surface area contributed by atoms with E-state index in [4.69, 9.17) is 4.74 Å². The molecule has 1 aromatic rings. The second kappa shape index (κ2) is 8.51. The fraction of sp³-hybridized carbons (Fsp3) is 0.385. The Balaban J connectivity index is 2.30. The number of carbonyl (C=O) groups excluding carboxylic acids is 2. The summed E-state index contributed by atoms with van der Waals surface area (Å²) in [7, 11) is 0. The van der Waals surface area contributed by atoms with Gasteiger partial charge in [-0.05, 0) is 18.6 Å². The molecule has 0 aliphatic rings. The molecule has 0 fully saturated rings. The quantitative estimate of drug-likeness (QED) is 0.250. The molecule has 1 aromatic carbocycles. The van der Waals surface area contributed by atoms with Crippen molar-refractivity contribution < 1.29 is 28.7 Å². The van der Waals surface area contributed by atoms with Crippen molar-refractivity contribution in [3.8, 4) is 5.75 Å². The normalized spacial score (nSPS) is 9.76. The molecular weight excluding hydrogens is 282 g/mol. The van der Waals surface area contributed by atoms with Crippen molar-refractivity contribution in [2.24, 2.45) is 0 Å². The minimum absolute atomic E-state index is 0.0860. The molecule has 114 valence electrons. The van der Waals surface area contributed by atoms with Crippen LogP contribution in [0, 0.1) is 10.1 Å². The second-order valence-corrected chi connectivity index (χ2v) is 3.99. The van der Waals surface area contributed by atoms with Crippen molar-refractivity contribution in [1.82, 2.24) is 0 Å². The van der Waals surface area contributed by atoms with Crippen LogP contribution in [0.4, 0.5) is 10.5 Å². The minimum Gasteiger partial charge on any atom is -0.428 e. The predicted molar refractivity (Wildman–Crippen MR) is 70.7 cm³/mol. The third-order valence-electron chi connectivity index (χ3n) is 2.38. The molecule has 0 aromatic heterocycles. The molecule has 0 saturated carbocycles. The SMILES string of the molecule is CCCCC(=O)OCOC(=O)Oc1ccc([N+](=O)[O-])cc1. The van der Waals surface area contributed by atoms with Gasteiger partial charge in [-0.15, -0.1) is 0 Å². The Morgan fingerprint density at radius 1 is 1.19 bits per heavy atom. The summed E-state index contributed by atoms with van der Waals surface area (Å²) in [5.41, 5.74) is -0.124. The summed E-state index contributed by atoms with van der Waals surface area (Å²) in [6, 6.07) is 4.89. The van der Waals surface area contributed by atoms with E-state index < -0.39 is 23.8 Å². The number of non-ortho nitro benzene ring substituents is 1. The van der Waals surface area contributed by atoms with Crippen LogP contribution in [-0.4, -0.2) is 23.8 Å². The number of esters is 1. The molecule has 0 spiro atoms. The fourth-order valence-corrected chi connectivity index (χ4v) is 1.30. The maximum Gasteiger partial charge on any atom is 0.516 e. The Bertz CT molecular complexity index is 498. The Hall–Kier alpha value is -2.64. The van der Waals surface area contributed by atoms with Gasteiger partial charge >= 0.3 is 12.1 Å². The summed E-state index contributed by atoms with van der Waals surface area (Å²) in [6.07, 6.45) is 0.758. The van der Waals surface area contributed by atoms with E-state index in [1.807, 2.05) is 6.92 Å². The molecule has 0 amide bonds. The van der Waals surface area contributed by atoms with Crippen LogP contribution in [0.2, 0.25) is 0 Å². The average Bonchev–Trinajstić information content (AvgIpc) is 2.45. The molecule has 0 radical (unpaired) electrons. The van der Waals surface area contributed by atoms with E-state index in [1.54, 1.807) is 0 Å². The number of hydrogen-bond acceptors (Lipinski definition) is 7. The van der Waals surface area contributed by atoms with E-state index in [1.165, 1.54) is 24.3 Å². The highest BCUT2D eigenvalue weighted by atomic mass is 16.8. The minimum atomic E-state index is -1.06. The molecule has 0 saturated heterocycles. The van der Waals surface area contributed by atoms with E-state index in [2.05, 4.69) is 9.47 Å². The molecule has 0 heterocycles. The van der Waals surface area contributed by atoms with Crippen molar-refractivity contribution >= 4 is 17.8 Å². The Morgan fingerprint density at radius 2 is 1.86 bits per heavy atom. The fourth-order valence-electron chi connectivity index (χ4n) is 1.30. The molecule has 1 rings (SSSR count). The second-order valence-electron chi connectivity index (χ2n) is 3.99. The van der Waals surface area contributed by atoms with Gasteiger partial charge in [-0.1, -0.05) is 13.3 Å². The molecule has 0 atom stereocenters. The number of nitrogens with zero attached hydrogens (tertiary/aromatic N) is 1. The van der Waals surface area contributed by atoms with Gasteiger partial charge in [0.25, 0.3) is 5.69 Å². The first-order valence-electron chi connectivity index (χ1n) is 6.27. The summed E-state index contributed by atoms with van der Waals surface area (Å²) in [6.45, 7) is 1.40. The number of benzene rings is 1. The van der Waals surface area contributed by atoms with Gasteiger partial charge < -0.3 is 14.2 Å². The van der Waals surface area contributed by atoms with Gasteiger partial charge in [-0.3, -0.25) is 14.9 Å². The van der Waals surface area contributed by atoms with Gasteiger partial charge in [0.1, 0.15) is 5.75 Å². The summed E-state index contributed by atoms with van der Waals surface area (Å²) >= 11 is 0. The average molecular weight is 297 g/mol. The molecule has 8 nitrogen and oxygen atoms in total. The molecule has 21 heavy (non-hydrogen) atoms. The van der Waals surface area contributed by atoms with Crippen molar-refractivity contribution in [2.75, 3.05) is 6.79 Å². The summed E-state index contributed by atoms with van der Waals surface area (Å²) in [5.74, 6) is -0.372. The number of unbranched alkanes of at least 4 members (excludes halogenated alkanes) is 1. The van der Waals surface area contributed by atoms with E-state index >= 15 is 0 Å². The molecule has 0 bridgehead atoms. The number of carbonyl (C=O) groups is 2. The van der Waals surface area contributed by atoms with Gasteiger partial charge in [0.2, 0.25) is 6.79 Å². The molecule has 0 aliphatic carbocycles. The number of rotatable bonds is 7. The topological polar surface area (TPSA) is 105 Å². The molecular formula is C13H15NO7. The molecule has 8 heteroatoms. The van der Waals surface area contributed by atoms with Crippen LogP contribution >= 0.6 is 0 Å². The lowest BCUT2D eigenvalue weighted by atomic mass is 10.3. The van der Waals surface area contributed by atoms with Crippen LogP contribution in [0.5, 0.6) is 5.75 Å². The number of nitro groups is 1. The number of nitro benzene ring substituents is 1.